The van der Waals surface area contributed by atoms with E-state index in [4.69, 9.17) is 5.73 Å². The van der Waals surface area contributed by atoms with Crippen molar-refractivity contribution in [2.75, 3.05) is 13.7 Å². The number of primary amides is 1. The van der Waals surface area contributed by atoms with E-state index in [0.29, 0.717) is 13.0 Å². The van der Waals surface area contributed by atoms with Crippen LogP contribution in [0, 0.1) is 0 Å². The Morgan fingerprint density at radius 1 is 1.91 bits per heavy atom. The minimum atomic E-state index is -0.341. The molecule has 0 radical (unpaired) electrons. The van der Waals surface area contributed by atoms with Crippen LogP contribution in [-0.2, 0) is 9.63 Å². The molecule has 1 atom stereocenters. The largest absolute Gasteiger partial charge is 0.399 e. The average Bonchev–Trinajstić information content (AvgIpc) is 2.37. The van der Waals surface area contributed by atoms with E-state index in [9.17, 15) is 4.79 Å². The van der Waals surface area contributed by atoms with Gasteiger partial charge >= 0.3 is 0 Å². The minimum Gasteiger partial charge on any atom is -0.399 e. The zero-order valence-electron chi connectivity index (χ0n) is 6.33. The van der Waals surface area contributed by atoms with Crippen LogP contribution < -0.4 is 11.1 Å². The number of nitrogens with two attached hydrogens (primary N) is 1. The normalized spacial score (nSPS) is 27.4. The van der Waals surface area contributed by atoms with E-state index in [1.807, 2.05) is 0 Å². The highest BCUT2D eigenvalue weighted by Crippen LogP contribution is 2.02. The summed E-state index contributed by atoms with van der Waals surface area (Å²) in [5.74, 6) is -0.341. The molecule has 0 aromatic rings. The standard InChI is InChI=1S/C6H11N3O2/c1-11-9-4-2-5(6(7)10)8-3-4/h5,8H,2-3H2,1H3,(H2,7,10)/b9-4+. The molecule has 1 fully saturated rings. The Balaban J connectivity index is 2.47. The van der Waals surface area contributed by atoms with E-state index in [-0.39, 0.29) is 11.9 Å². The summed E-state index contributed by atoms with van der Waals surface area (Å²) < 4.78 is 0. The van der Waals surface area contributed by atoms with Gasteiger partial charge in [-0.05, 0) is 0 Å². The number of hydrogen-bond acceptors (Lipinski definition) is 4. The molecule has 1 saturated heterocycles. The molecular formula is C6H11N3O2. The summed E-state index contributed by atoms with van der Waals surface area (Å²) >= 11 is 0. The van der Waals surface area contributed by atoms with E-state index in [1.54, 1.807) is 0 Å². The summed E-state index contributed by atoms with van der Waals surface area (Å²) in [7, 11) is 1.48. The van der Waals surface area contributed by atoms with Crippen LogP contribution in [0.15, 0.2) is 5.16 Å². The number of rotatable bonds is 2. The maximum atomic E-state index is 10.6. The van der Waals surface area contributed by atoms with Gasteiger partial charge in [-0.3, -0.25) is 4.79 Å². The second kappa shape index (κ2) is 3.34. The summed E-state index contributed by atoms with van der Waals surface area (Å²) in [6, 6.07) is -0.274. The van der Waals surface area contributed by atoms with Crippen molar-refractivity contribution in [1.82, 2.24) is 5.32 Å². The van der Waals surface area contributed by atoms with E-state index in [2.05, 4.69) is 15.3 Å². The molecule has 0 aromatic heterocycles. The van der Waals surface area contributed by atoms with Gasteiger partial charge in [0, 0.05) is 13.0 Å². The van der Waals surface area contributed by atoms with Crippen molar-refractivity contribution in [2.45, 2.75) is 12.5 Å². The maximum absolute atomic E-state index is 10.6. The van der Waals surface area contributed by atoms with Gasteiger partial charge in [0.25, 0.3) is 0 Å². The lowest BCUT2D eigenvalue weighted by Crippen LogP contribution is -2.36. The smallest absolute Gasteiger partial charge is 0.234 e. The van der Waals surface area contributed by atoms with Crippen molar-refractivity contribution in [3.05, 3.63) is 0 Å². The Hall–Kier alpha value is -1.10. The summed E-state index contributed by atoms with van der Waals surface area (Å²) in [4.78, 5) is 15.2. The predicted molar refractivity (Wildman–Crippen MR) is 40.0 cm³/mol. The van der Waals surface area contributed by atoms with Crippen LogP contribution in [0.5, 0.6) is 0 Å². The van der Waals surface area contributed by atoms with Crippen LogP contribution in [0.25, 0.3) is 0 Å². The molecule has 0 spiro atoms. The number of nitrogens with zero attached hydrogens (tertiary/aromatic N) is 1. The second-order valence-electron chi connectivity index (χ2n) is 2.38. The lowest BCUT2D eigenvalue weighted by molar-refractivity contribution is -0.119. The van der Waals surface area contributed by atoms with Gasteiger partial charge in [-0.2, -0.15) is 0 Å². The molecule has 1 aliphatic rings. The van der Waals surface area contributed by atoms with Gasteiger partial charge in [-0.1, -0.05) is 5.16 Å². The first-order valence-electron chi connectivity index (χ1n) is 3.35. The van der Waals surface area contributed by atoms with Gasteiger partial charge in [0.15, 0.2) is 0 Å². The maximum Gasteiger partial charge on any atom is 0.234 e. The first kappa shape index (κ1) is 8.00. The topological polar surface area (TPSA) is 76.7 Å². The Bertz CT molecular complexity index is 190. The molecule has 0 saturated carbocycles. The summed E-state index contributed by atoms with van der Waals surface area (Å²) in [6.07, 6.45) is 0.559. The SMILES string of the molecule is CO/N=C1/CNC(C(N)=O)C1. The van der Waals surface area contributed by atoms with Gasteiger partial charge < -0.3 is 15.9 Å². The molecule has 0 aliphatic carbocycles. The third kappa shape index (κ3) is 1.91. The Morgan fingerprint density at radius 3 is 3.09 bits per heavy atom. The van der Waals surface area contributed by atoms with Crippen molar-refractivity contribution >= 4 is 11.6 Å². The van der Waals surface area contributed by atoms with Crippen LogP contribution in [0.4, 0.5) is 0 Å². The quantitative estimate of drug-likeness (QED) is 0.496. The van der Waals surface area contributed by atoms with Crippen LogP contribution in [0.1, 0.15) is 6.42 Å². The number of amides is 1. The lowest BCUT2D eigenvalue weighted by atomic mass is 10.2. The van der Waals surface area contributed by atoms with E-state index in [1.165, 1.54) is 7.11 Å². The highest BCUT2D eigenvalue weighted by Gasteiger charge is 2.24. The first-order valence-corrected chi connectivity index (χ1v) is 3.35. The third-order valence-electron chi connectivity index (χ3n) is 1.56. The Morgan fingerprint density at radius 2 is 2.64 bits per heavy atom. The summed E-state index contributed by atoms with van der Waals surface area (Å²) in [5, 5.41) is 6.61. The van der Waals surface area contributed by atoms with Gasteiger partial charge in [0.1, 0.15) is 7.11 Å². The van der Waals surface area contributed by atoms with Crippen LogP contribution in [0.2, 0.25) is 0 Å². The highest BCUT2D eigenvalue weighted by atomic mass is 16.6. The molecule has 0 bridgehead atoms. The molecule has 1 heterocycles. The number of oxime groups is 1. The van der Waals surface area contributed by atoms with Gasteiger partial charge in [0.2, 0.25) is 5.91 Å². The minimum absolute atomic E-state index is 0.274. The summed E-state index contributed by atoms with van der Waals surface area (Å²) in [6.45, 7) is 0.585. The van der Waals surface area contributed by atoms with Crippen molar-refractivity contribution in [2.24, 2.45) is 10.9 Å². The molecule has 11 heavy (non-hydrogen) atoms. The van der Waals surface area contributed by atoms with Crippen molar-refractivity contribution < 1.29 is 9.63 Å². The molecule has 5 heteroatoms. The second-order valence-corrected chi connectivity index (χ2v) is 2.38. The molecule has 3 N–H and O–H groups in total. The number of hydrogen-bond donors (Lipinski definition) is 2. The zero-order chi connectivity index (χ0) is 8.27. The van der Waals surface area contributed by atoms with Gasteiger partial charge in [0.05, 0.1) is 11.8 Å². The molecule has 0 aromatic carbocycles. The number of carbonyl (C=O) groups excluding carboxylic acids is 1. The Kier molecular flexibility index (Phi) is 2.43. The number of nitrogens with one attached hydrogen (secondary N) is 1. The van der Waals surface area contributed by atoms with Crippen LogP contribution in [-0.4, -0.2) is 31.3 Å². The van der Waals surface area contributed by atoms with Gasteiger partial charge in [-0.25, -0.2) is 0 Å². The molecule has 62 valence electrons. The third-order valence-corrected chi connectivity index (χ3v) is 1.56. The lowest BCUT2D eigenvalue weighted by Gasteiger charge is -2.00. The van der Waals surface area contributed by atoms with E-state index in [0.717, 1.165) is 5.71 Å². The summed E-state index contributed by atoms with van der Waals surface area (Å²) in [5.41, 5.74) is 5.89. The predicted octanol–water partition coefficient (Wildman–Crippen LogP) is -1.16. The fourth-order valence-corrected chi connectivity index (χ4v) is 1.02. The van der Waals surface area contributed by atoms with Crippen molar-refractivity contribution in [1.29, 1.82) is 0 Å². The molecule has 1 unspecified atom stereocenters. The zero-order valence-corrected chi connectivity index (χ0v) is 6.33. The van der Waals surface area contributed by atoms with E-state index < -0.39 is 0 Å². The molecular weight excluding hydrogens is 146 g/mol. The fourth-order valence-electron chi connectivity index (χ4n) is 1.02. The van der Waals surface area contributed by atoms with E-state index >= 15 is 0 Å². The van der Waals surface area contributed by atoms with Crippen molar-refractivity contribution in [3.8, 4) is 0 Å². The van der Waals surface area contributed by atoms with Crippen LogP contribution in [0.3, 0.4) is 0 Å². The number of carbonyl (C=O) groups is 1. The average molecular weight is 157 g/mol. The molecule has 1 aliphatic heterocycles. The monoisotopic (exact) mass is 157 g/mol. The molecule has 5 nitrogen and oxygen atoms in total. The first-order chi connectivity index (χ1) is 5.24. The van der Waals surface area contributed by atoms with Crippen LogP contribution >= 0.6 is 0 Å². The van der Waals surface area contributed by atoms with Gasteiger partial charge in [-0.15, -0.1) is 0 Å². The molecule has 1 rings (SSSR count). The van der Waals surface area contributed by atoms with Crippen molar-refractivity contribution in [3.63, 3.8) is 0 Å². The molecule has 1 amide bonds. The highest BCUT2D eigenvalue weighted by molar-refractivity contribution is 5.95. The Labute approximate surface area is 64.6 Å². The fraction of sp³-hybridized carbons (Fsp3) is 0.667.